The second-order valence-corrected chi connectivity index (χ2v) is 10.1. The van der Waals surface area contributed by atoms with Gasteiger partial charge in [-0.1, -0.05) is 54.9 Å². The van der Waals surface area contributed by atoms with Crippen molar-refractivity contribution in [1.29, 1.82) is 0 Å². The molecule has 2 nitrogen and oxygen atoms in total. The molecule has 0 amide bonds. The molecule has 0 spiro atoms. The summed E-state index contributed by atoms with van der Waals surface area (Å²) in [6.07, 6.45) is 10.1. The monoisotopic (exact) mass is 474 g/mol. The Kier molecular flexibility index (Phi) is 11.0. The first-order chi connectivity index (χ1) is 13.9. The fourth-order valence-corrected chi connectivity index (χ4v) is 6.38. The topological polar surface area (TPSA) is 26.3 Å². The molecule has 0 saturated heterocycles. The first-order valence-electron chi connectivity index (χ1n) is 10.0. The van der Waals surface area contributed by atoms with Gasteiger partial charge in [0.05, 0.1) is 0 Å². The molecule has 0 heterocycles. The number of ether oxygens (including phenoxy) is 1. The number of carbonyl (C=O) groups excluding carboxylic acids is 1. The molecule has 1 aliphatic rings. The Balaban J connectivity index is 1.79. The third-order valence-electron chi connectivity index (χ3n) is 5.31. The second-order valence-electron chi connectivity index (χ2n) is 7.54. The number of thioether (sulfide) groups is 1. The van der Waals surface area contributed by atoms with E-state index in [4.69, 9.17) is 39.5 Å². The lowest BCUT2D eigenvalue weighted by Crippen LogP contribution is -2.19. The summed E-state index contributed by atoms with van der Waals surface area (Å²) in [6.45, 7) is 6.11. The number of carbonyl (C=O) groups is 1. The van der Waals surface area contributed by atoms with Gasteiger partial charge in [-0.2, -0.15) is 0 Å². The van der Waals surface area contributed by atoms with E-state index in [0.29, 0.717) is 34.2 Å². The van der Waals surface area contributed by atoms with Gasteiger partial charge in [-0.25, -0.2) is 0 Å². The average molecular weight is 476 g/mol. The zero-order valence-corrected chi connectivity index (χ0v) is 19.9. The Bertz CT molecular complexity index is 687. The van der Waals surface area contributed by atoms with E-state index in [1.165, 1.54) is 0 Å². The van der Waals surface area contributed by atoms with Crippen molar-refractivity contribution in [3.8, 4) is 0 Å². The number of allylic oxidation sites excluding steroid dienone is 2. The molecule has 160 valence electrons. The van der Waals surface area contributed by atoms with Crippen LogP contribution in [0.5, 0.6) is 0 Å². The lowest BCUT2D eigenvalue weighted by molar-refractivity contribution is -0.142. The molecule has 1 aliphatic carbocycles. The largest absolute Gasteiger partial charge is 0.461 e. The van der Waals surface area contributed by atoms with Crippen LogP contribution in [0.3, 0.4) is 0 Å². The Hall–Kier alpha value is -0.610. The second kappa shape index (κ2) is 12.9. The predicted octanol–water partition coefficient (Wildman–Crippen LogP) is 7.81. The molecule has 0 radical (unpaired) electrons. The van der Waals surface area contributed by atoms with Gasteiger partial charge in [-0.15, -0.1) is 23.4 Å². The van der Waals surface area contributed by atoms with Gasteiger partial charge in [0.1, 0.15) is 6.61 Å². The minimum Gasteiger partial charge on any atom is -0.461 e. The highest BCUT2D eigenvalue weighted by Crippen LogP contribution is 2.45. The highest BCUT2D eigenvalue weighted by molar-refractivity contribution is 7.99. The number of rotatable bonds is 11. The number of halogens is 3. The molecule has 1 aromatic rings. The lowest BCUT2D eigenvalue weighted by atomic mass is 9.89. The fourth-order valence-electron chi connectivity index (χ4n) is 3.77. The van der Waals surface area contributed by atoms with Crippen LogP contribution >= 0.6 is 46.6 Å². The van der Waals surface area contributed by atoms with Crippen LogP contribution in [-0.4, -0.2) is 23.7 Å². The molecule has 0 unspecified atom stereocenters. The first-order valence-corrected chi connectivity index (χ1v) is 12.2. The van der Waals surface area contributed by atoms with Crippen LogP contribution in [0.25, 0.3) is 0 Å². The third-order valence-corrected chi connectivity index (χ3v) is 7.37. The molecule has 1 saturated carbocycles. The number of hydrogen-bond acceptors (Lipinski definition) is 3. The summed E-state index contributed by atoms with van der Waals surface area (Å²) in [4.78, 5) is 12.6. The van der Waals surface area contributed by atoms with Crippen LogP contribution in [0.15, 0.2) is 47.9 Å². The van der Waals surface area contributed by atoms with Crippen LogP contribution in [-0.2, 0) is 9.53 Å². The summed E-state index contributed by atoms with van der Waals surface area (Å²) >= 11 is 20.7. The van der Waals surface area contributed by atoms with E-state index in [1.807, 2.05) is 12.1 Å². The first kappa shape index (κ1) is 24.7. The Morgan fingerprint density at radius 3 is 2.66 bits per heavy atom. The fraction of sp³-hybridized carbons (Fsp3) is 0.522. The predicted molar refractivity (Wildman–Crippen MR) is 126 cm³/mol. The van der Waals surface area contributed by atoms with Crippen LogP contribution in [0.1, 0.15) is 39.0 Å². The molecule has 0 aromatic heterocycles. The van der Waals surface area contributed by atoms with Gasteiger partial charge in [0.2, 0.25) is 0 Å². The van der Waals surface area contributed by atoms with Gasteiger partial charge in [0.15, 0.2) is 0 Å². The van der Waals surface area contributed by atoms with E-state index in [0.717, 1.165) is 36.3 Å². The minimum atomic E-state index is -0.165. The van der Waals surface area contributed by atoms with Gasteiger partial charge in [-0.3, -0.25) is 4.79 Å². The number of hydrogen-bond donors (Lipinski definition) is 0. The standard InChI is InChI=1S/C23H29Cl3O2S/c1-3-10-28-23(27)9-7-5-4-6-8-20-21(16(2)11-22(20)26)15-29-19-13-17(24)12-18(25)14-19/h3-4,6,12-14,16,20-22H,1,5,7-11,15H2,2H3/b6-4-/t16-,20-,21+,22-/m1/s1. The average Bonchev–Trinajstić information content (AvgIpc) is 2.93. The highest BCUT2D eigenvalue weighted by Gasteiger charge is 2.39. The van der Waals surface area contributed by atoms with Crippen molar-refractivity contribution in [1.82, 2.24) is 0 Å². The summed E-state index contributed by atoms with van der Waals surface area (Å²) < 4.78 is 4.98. The van der Waals surface area contributed by atoms with Crippen molar-refractivity contribution in [3.63, 3.8) is 0 Å². The molecule has 6 heteroatoms. The van der Waals surface area contributed by atoms with Crippen molar-refractivity contribution < 1.29 is 9.53 Å². The molecule has 0 aliphatic heterocycles. The summed E-state index contributed by atoms with van der Waals surface area (Å²) in [5, 5.41) is 1.54. The van der Waals surface area contributed by atoms with Crippen LogP contribution in [0.2, 0.25) is 10.0 Å². The van der Waals surface area contributed by atoms with E-state index in [2.05, 4.69) is 25.7 Å². The maximum atomic E-state index is 11.5. The smallest absolute Gasteiger partial charge is 0.306 e. The van der Waals surface area contributed by atoms with Crippen LogP contribution in [0, 0.1) is 17.8 Å². The maximum Gasteiger partial charge on any atom is 0.306 e. The van der Waals surface area contributed by atoms with E-state index in [-0.39, 0.29) is 18.0 Å². The van der Waals surface area contributed by atoms with Crippen molar-refractivity contribution in [2.45, 2.75) is 49.3 Å². The number of unbranched alkanes of at least 4 members (excludes halogenated alkanes) is 1. The Morgan fingerprint density at radius 1 is 1.24 bits per heavy atom. The summed E-state index contributed by atoms with van der Waals surface area (Å²) in [7, 11) is 0. The highest BCUT2D eigenvalue weighted by atomic mass is 35.5. The van der Waals surface area contributed by atoms with E-state index in [9.17, 15) is 4.79 Å². The van der Waals surface area contributed by atoms with E-state index < -0.39 is 0 Å². The lowest BCUT2D eigenvalue weighted by Gasteiger charge is -2.23. The molecule has 4 atom stereocenters. The molecular formula is C23H29Cl3O2S. The molecular weight excluding hydrogens is 447 g/mol. The molecule has 0 N–H and O–H groups in total. The third kappa shape index (κ3) is 8.57. The molecule has 29 heavy (non-hydrogen) atoms. The van der Waals surface area contributed by atoms with Gasteiger partial charge in [0, 0.05) is 32.5 Å². The Labute approximate surface area is 194 Å². The molecule has 1 fully saturated rings. The van der Waals surface area contributed by atoms with E-state index >= 15 is 0 Å². The summed E-state index contributed by atoms with van der Waals surface area (Å²) in [6, 6.07) is 5.68. The molecule has 0 bridgehead atoms. The number of alkyl halides is 1. The van der Waals surface area contributed by atoms with Crippen molar-refractivity contribution >= 4 is 52.5 Å². The normalized spacial score (nSPS) is 24.1. The number of benzene rings is 1. The van der Waals surface area contributed by atoms with Crippen molar-refractivity contribution in [2.24, 2.45) is 17.8 Å². The van der Waals surface area contributed by atoms with Crippen LogP contribution < -0.4 is 0 Å². The zero-order valence-electron chi connectivity index (χ0n) is 16.8. The zero-order chi connectivity index (χ0) is 21.2. The van der Waals surface area contributed by atoms with Crippen molar-refractivity contribution in [2.75, 3.05) is 12.4 Å². The Morgan fingerprint density at radius 2 is 1.97 bits per heavy atom. The van der Waals surface area contributed by atoms with Gasteiger partial charge in [0.25, 0.3) is 0 Å². The van der Waals surface area contributed by atoms with E-state index in [1.54, 1.807) is 23.9 Å². The number of esters is 1. The molecule has 2 rings (SSSR count). The molecule has 1 aromatic carbocycles. The minimum absolute atomic E-state index is 0.165. The maximum absolute atomic E-state index is 11.5. The van der Waals surface area contributed by atoms with Gasteiger partial charge in [-0.05, 0) is 61.6 Å². The summed E-state index contributed by atoms with van der Waals surface area (Å²) in [5.74, 6) is 2.45. The quantitative estimate of drug-likeness (QED) is 0.107. The van der Waals surface area contributed by atoms with Crippen molar-refractivity contribution in [3.05, 3.63) is 53.1 Å². The van der Waals surface area contributed by atoms with Gasteiger partial charge < -0.3 is 4.74 Å². The van der Waals surface area contributed by atoms with Gasteiger partial charge >= 0.3 is 5.97 Å². The van der Waals surface area contributed by atoms with Crippen LogP contribution in [0.4, 0.5) is 0 Å². The SMILES string of the molecule is C=CCOC(=O)CCC/C=C\C[C@@H]1[C@@H](CSc2cc(Cl)cc(Cl)c2)[C@H](C)C[C@H]1Cl. The summed E-state index contributed by atoms with van der Waals surface area (Å²) in [5.41, 5.74) is 0.